The van der Waals surface area contributed by atoms with Gasteiger partial charge in [0.2, 0.25) is 0 Å². The van der Waals surface area contributed by atoms with Crippen LogP contribution in [0.15, 0.2) is 59.5 Å². The lowest BCUT2D eigenvalue weighted by Crippen LogP contribution is -2.40. The maximum Gasteiger partial charge on any atom is 0.409 e. The third-order valence-corrected chi connectivity index (χ3v) is 4.53. The number of rotatable bonds is 6. The van der Waals surface area contributed by atoms with Gasteiger partial charge in [0.15, 0.2) is 0 Å². The topological polar surface area (TPSA) is 102 Å². The highest BCUT2D eigenvalue weighted by Gasteiger charge is 2.19. The second kappa shape index (κ2) is 8.41. The van der Waals surface area contributed by atoms with Gasteiger partial charge < -0.3 is 14.0 Å². The fourth-order valence-corrected chi connectivity index (χ4v) is 3.11. The molecular weight excluding hydrogens is 370 g/mol. The van der Waals surface area contributed by atoms with Crippen LogP contribution in [0, 0.1) is 0 Å². The zero-order valence-corrected chi connectivity index (χ0v) is 16.2. The number of hydrogen-bond acceptors (Lipinski definition) is 6. The van der Waals surface area contributed by atoms with E-state index < -0.39 is 28.0 Å². The van der Waals surface area contributed by atoms with E-state index in [4.69, 9.17) is 8.92 Å². The lowest BCUT2D eigenvalue weighted by atomic mass is 10.1. The van der Waals surface area contributed by atoms with Crippen molar-refractivity contribution in [1.29, 1.82) is 0 Å². The number of aliphatic hydroxyl groups excluding tert-OH is 1. The Bertz CT molecular complexity index is 857. The first-order chi connectivity index (χ1) is 12.5. The number of alkyl carbamates (subject to hydrolysis) is 1. The predicted molar refractivity (Wildman–Crippen MR) is 99.8 cm³/mol. The molecule has 2 aromatic rings. The molecule has 2 N–H and O–H groups in total. The molecule has 0 aliphatic rings. The predicted octanol–water partition coefficient (Wildman–Crippen LogP) is 2.84. The summed E-state index contributed by atoms with van der Waals surface area (Å²) in [5, 5.41) is 12.3. The minimum atomic E-state index is -3.91. The number of hydrogen-bond donors (Lipinski definition) is 2. The van der Waals surface area contributed by atoms with Gasteiger partial charge in [-0.2, -0.15) is 8.42 Å². The lowest BCUT2D eigenvalue weighted by Gasteiger charge is -2.21. The summed E-state index contributed by atoms with van der Waals surface area (Å²) in [6, 6.07) is 14.0. The highest BCUT2D eigenvalue weighted by Crippen LogP contribution is 2.19. The van der Waals surface area contributed by atoms with Crippen molar-refractivity contribution in [2.24, 2.45) is 0 Å². The molecule has 0 saturated heterocycles. The highest BCUT2D eigenvalue weighted by atomic mass is 32.2. The van der Waals surface area contributed by atoms with Gasteiger partial charge in [0.1, 0.15) is 22.5 Å². The summed E-state index contributed by atoms with van der Waals surface area (Å²) in [5.74, 6) is 0.150. The number of nitrogens with one attached hydrogen (secondary N) is 1. The lowest BCUT2D eigenvalue weighted by molar-refractivity contribution is 0.0359. The molecule has 2 aromatic carbocycles. The maximum atomic E-state index is 12.2. The average molecular weight is 393 g/mol. The Morgan fingerprint density at radius 3 is 2.22 bits per heavy atom. The van der Waals surface area contributed by atoms with Gasteiger partial charge in [-0.05, 0) is 50.6 Å². The Labute approximate surface area is 159 Å². The van der Waals surface area contributed by atoms with Crippen molar-refractivity contribution in [3.63, 3.8) is 0 Å². The molecule has 0 fully saturated rings. The molecule has 8 heteroatoms. The molecule has 0 aromatic heterocycles. The molecule has 1 unspecified atom stereocenters. The molecule has 7 nitrogen and oxygen atoms in total. The third kappa shape index (κ3) is 6.92. The molecule has 0 aliphatic heterocycles. The zero-order chi connectivity index (χ0) is 20.1. The Kier molecular flexibility index (Phi) is 6.45. The summed E-state index contributed by atoms with van der Waals surface area (Å²) < 4.78 is 34.5. The molecule has 0 spiro atoms. The summed E-state index contributed by atoms with van der Waals surface area (Å²) in [6.07, 6.45) is -1.73. The Hall–Kier alpha value is -2.58. The van der Waals surface area contributed by atoms with Crippen molar-refractivity contribution >= 4 is 16.2 Å². The van der Waals surface area contributed by atoms with E-state index in [0.29, 0.717) is 5.56 Å². The highest BCUT2D eigenvalue weighted by molar-refractivity contribution is 7.87. The molecule has 146 valence electrons. The van der Waals surface area contributed by atoms with Crippen molar-refractivity contribution in [3.8, 4) is 5.75 Å². The van der Waals surface area contributed by atoms with Gasteiger partial charge in [0, 0.05) is 6.42 Å². The van der Waals surface area contributed by atoms with Crippen molar-refractivity contribution in [2.45, 2.75) is 43.9 Å². The standard InChI is InChI=1S/C19H23NO6S/c1-19(2,3)25-18(22)20-17(21)13-14-9-11-15(12-10-14)26-27(23,24)16-7-5-4-6-8-16/h4-12,17,21H,13H2,1-3H3,(H,20,22). The number of benzene rings is 2. The van der Waals surface area contributed by atoms with Crippen LogP contribution in [-0.4, -0.2) is 31.4 Å². The Morgan fingerprint density at radius 2 is 1.67 bits per heavy atom. The van der Waals surface area contributed by atoms with Crippen LogP contribution in [0.25, 0.3) is 0 Å². The van der Waals surface area contributed by atoms with E-state index in [1.54, 1.807) is 51.1 Å². The van der Waals surface area contributed by atoms with Crippen LogP contribution < -0.4 is 9.50 Å². The molecule has 1 atom stereocenters. The summed E-state index contributed by atoms with van der Waals surface area (Å²) in [7, 11) is -3.91. The molecular formula is C19H23NO6S. The van der Waals surface area contributed by atoms with E-state index in [9.17, 15) is 18.3 Å². The van der Waals surface area contributed by atoms with Gasteiger partial charge in [0.25, 0.3) is 0 Å². The molecule has 0 saturated carbocycles. The van der Waals surface area contributed by atoms with Gasteiger partial charge in [-0.1, -0.05) is 30.3 Å². The van der Waals surface area contributed by atoms with Crippen LogP contribution in [0.5, 0.6) is 5.75 Å². The summed E-state index contributed by atoms with van der Waals surface area (Å²) in [4.78, 5) is 11.7. The van der Waals surface area contributed by atoms with Gasteiger partial charge in [0.05, 0.1) is 0 Å². The maximum absolute atomic E-state index is 12.2. The summed E-state index contributed by atoms with van der Waals surface area (Å²) in [5.41, 5.74) is 0.0237. The Morgan fingerprint density at radius 1 is 1.07 bits per heavy atom. The van der Waals surface area contributed by atoms with Crippen LogP contribution in [-0.2, 0) is 21.3 Å². The second-order valence-corrected chi connectivity index (χ2v) is 8.41. The van der Waals surface area contributed by atoms with E-state index in [0.717, 1.165) is 0 Å². The van der Waals surface area contributed by atoms with Crippen LogP contribution in [0.3, 0.4) is 0 Å². The number of amides is 1. The van der Waals surface area contributed by atoms with Gasteiger partial charge >= 0.3 is 16.2 Å². The summed E-state index contributed by atoms with van der Waals surface area (Å²) in [6.45, 7) is 5.17. The number of ether oxygens (including phenoxy) is 1. The van der Waals surface area contributed by atoms with Gasteiger partial charge in [-0.3, -0.25) is 5.32 Å². The number of aliphatic hydroxyl groups is 1. The second-order valence-electron chi connectivity index (χ2n) is 6.86. The zero-order valence-electron chi connectivity index (χ0n) is 15.4. The molecule has 0 radical (unpaired) electrons. The van der Waals surface area contributed by atoms with Crippen molar-refractivity contribution in [3.05, 3.63) is 60.2 Å². The van der Waals surface area contributed by atoms with E-state index >= 15 is 0 Å². The monoisotopic (exact) mass is 393 g/mol. The summed E-state index contributed by atoms with van der Waals surface area (Å²) >= 11 is 0. The van der Waals surface area contributed by atoms with Crippen molar-refractivity contribution in [1.82, 2.24) is 5.32 Å². The van der Waals surface area contributed by atoms with Gasteiger partial charge in [-0.15, -0.1) is 0 Å². The first-order valence-electron chi connectivity index (χ1n) is 8.31. The molecule has 0 aliphatic carbocycles. The van der Waals surface area contributed by atoms with E-state index in [-0.39, 0.29) is 17.1 Å². The molecule has 1 amide bonds. The molecule has 2 rings (SSSR count). The van der Waals surface area contributed by atoms with E-state index in [1.807, 2.05) is 0 Å². The smallest absolute Gasteiger partial charge is 0.409 e. The fraction of sp³-hybridized carbons (Fsp3) is 0.316. The average Bonchev–Trinajstić information content (AvgIpc) is 2.55. The SMILES string of the molecule is CC(C)(C)OC(=O)NC(O)Cc1ccc(OS(=O)(=O)c2ccccc2)cc1. The fourth-order valence-electron chi connectivity index (χ4n) is 2.16. The quantitative estimate of drug-likeness (QED) is 0.578. The van der Waals surface area contributed by atoms with Gasteiger partial charge in [-0.25, -0.2) is 4.79 Å². The number of carbonyl (C=O) groups excluding carboxylic acids is 1. The van der Waals surface area contributed by atoms with Crippen LogP contribution >= 0.6 is 0 Å². The molecule has 27 heavy (non-hydrogen) atoms. The number of carbonyl (C=O) groups is 1. The third-order valence-electron chi connectivity index (χ3n) is 3.27. The minimum absolute atomic E-state index is 0.0612. The largest absolute Gasteiger partial charge is 0.444 e. The molecule has 0 bridgehead atoms. The molecule has 0 heterocycles. The van der Waals surface area contributed by atoms with Crippen LogP contribution in [0.4, 0.5) is 4.79 Å². The van der Waals surface area contributed by atoms with E-state index in [2.05, 4.69) is 5.32 Å². The Balaban J connectivity index is 1.94. The first-order valence-corrected chi connectivity index (χ1v) is 9.72. The van der Waals surface area contributed by atoms with Crippen LogP contribution in [0.1, 0.15) is 26.3 Å². The van der Waals surface area contributed by atoms with Crippen LogP contribution in [0.2, 0.25) is 0 Å². The van der Waals surface area contributed by atoms with Crippen molar-refractivity contribution in [2.75, 3.05) is 0 Å². The van der Waals surface area contributed by atoms with E-state index in [1.165, 1.54) is 24.3 Å². The normalized spacial score (nSPS) is 12.9. The first kappa shape index (κ1) is 20.7. The van der Waals surface area contributed by atoms with Crippen molar-refractivity contribution < 1.29 is 27.2 Å². The minimum Gasteiger partial charge on any atom is -0.444 e.